The normalized spacial score (nSPS) is 14.4. The fourth-order valence-corrected chi connectivity index (χ4v) is 4.82. The molecule has 0 saturated carbocycles. The second-order valence-electron chi connectivity index (χ2n) is 8.71. The predicted octanol–water partition coefficient (Wildman–Crippen LogP) is 4.30. The Balaban J connectivity index is 1.35. The second kappa shape index (κ2) is 12.3. The quantitative estimate of drug-likeness (QED) is 0.275. The lowest BCUT2D eigenvalue weighted by molar-refractivity contribution is 0.0398. The number of thiophene rings is 1. The first-order valence-corrected chi connectivity index (χ1v) is 13.4. The van der Waals surface area contributed by atoms with Crippen LogP contribution in [0.2, 0.25) is 0 Å². The molecule has 3 aromatic heterocycles. The molecule has 0 aliphatic carbocycles. The van der Waals surface area contributed by atoms with Crippen molar-refractivity contribution in [2.24, 2.45) is 0 Å². The van der Waals surface area contributed by atoms with Gasteiger partial charge in [-0.3, -0.25) is 4.90 Å². The van der Waals surface area contributed by atoms with Gasteiger partial charge < -0.3 is 20.1 Å². The summed E-state index contributed by atoms with van der Waals surface area (Å²) in [6, 6.07) is 12.5. The van der Waals surface area contributed by atoms with E-state index in [1.165, 1.54) is 4.88 Å². The van der Waals surface area contributed by atoms with E-state index in [1.807, 2.05) is 16.9 Å². The molecule has 1 aliphatic heterocycles. The SMILES string of the molecule is CCCOCn1nc(-c2cccc(NCc3cccs3)c2)c2cnc(NCCN3CCOCC3)nc21. The van der Waals surface area contributed by atoms with Crippen molar-refractivity contribution in [3.05, 3.63) is 52.9 Å². The molecule has 2 N–H and O–H groups in total. The number of morpholine rings is 1. The van der Waals surface area contributed by atoms with Crippen LogP contribution in [0.3, 0.4) is 0 Å². The molecule has 36 heavy (non-hydrogen) atoms. The highest BCUT2D eigenvalue weighted by molar-refractivity contribution is 7.09. The Morgan fingerprint density at radius 1 is 1.14 bits per heavy atom. The molecule has 4 aromatic rings. The highest BCUT2D eigenvalue weighted by Gasteiger charge is 2.16. The Bertz CT molecular complexity index is 1240. The van der Waals surface area contributed by atoms with Crippen molar-refractivity contribution in [3.8, 4) is 11.3 Å². The van der Waals surface area contributed by atoms with Crippen LogP contribution in [0, 0.1) is 0 Å². The van der Waals surface area contributed by atoms with Gasteiger partial charge in [-0.15, -0.1) is 11.3 Å². The van der Waals surface area contributed by atoms with Gasteiger partial charge in [0.15, 0.2) is 5.65 Å². The van der Waals surface area contributed by atoms with Crippen molar-refractivity contribution in [2.75, 3.05) is 56.6 Å². The zero-order chi connectivity index (χ0) is 24.6. The third kappa shape index (κ3) is 6.19. The summed E-state index contributed by atoms with van der Waals surface area (Å²) in [5.74, 6) is 0.602. The van der Waals surface area contributed by atoms with E-state index in [0.29, 0.717) is 19.3 Å². The molecular formula is C26H33N7O2S. The fraction of sp³-hybridized carbons (Fsp3) is 0.423. The van der Waals surface area contributed by atoms with Gasteiger partial charge in [-0.25, -0.2) is 9.67 Å². The third-order valence-electron chi connectivity index (χ3n) is 6.05. The number of fused-ring (bicyclic) bond motifs is 1. The zero-order valence-corrected chi connectivity index (χ0v) is 21.5. The first kappa shape index (κ1) is 24.6. The number of nitrogens with zero attached hydrogens (tertiary/aromatic N) is 5. The highest BCUT2D eigenvalue weighted by Crippen LogP contribution is 2.29. The second-order valence-corrected chi connectivity index (χ2v) is 9.74. The Kier molecular flexibility index (Phi) is 8.39. The van der Waals surface area contributed by atoms with Crippen molar-refractivity contribution in [2.45, 2.75) is 26.6 Å². The van der Waals surface area contributed by atoms with Crippen LogP contribution >= 0.6 is 11.3 Å². The van der Waals surface area contributed by atoms with Gasteiger partial charge in [0.25, 0.3) is 0 Å². The van der Waals surface area contributed by atoms with Gasteiger partial charge in [-0.1, -0.05) is 25.1 Å². The monoisotopic (exact) mass is 507 g/mol. The molecule has 9 nitrogen and oxygen atoms in total. The highest BCUT2D eigenvalue weighted by atomic mass is 32.1. The maximum absolute atomic E-state index is 5.82. The van der Waals surface area contributed by atoms with E-state index in [9.17, 15) is 0 Å². The number of rotatable bonds is 12. The average Bonchev–Trinajstić information content (AvgIpc) is 3.57. The summed E-state index contributed by atoms with van der Waals surface area (Å²) in [4.78, 5) is 13.1. The lowest BCUT2D eigenvalue weighted by atomic mass is 10.1. The molecule has 1 saturated heterocycles. The molecule has 1 aliphatic rings. The van der Waals surface area contributed by atoms with Crippen LogP contribution in [0.5, 0.6) is 0 Å². The predicted molar refractivity (Wildman–Crippen MR) is 144 cm³/mol. The number of ether oxygens (including phenoxy) is 2. The van der Waals surface area contributed by atoms with Gasteiger partial charge in [0.1, 0.15) is 12.4 Å². The van der Waals surface area contributed by atoms with Gasteiger partial charge in [0, 0.05) is 61.7 Å². The molecule has 10 heteroatoms. The van der Waals surface area contributed by atoms with Crippen molar-refractivity contribution in [3.63, 3.8) is 0 Å². The van der Waals surface area contributed by atoms with E-state index in [0.717, 1.165) is 80.3 Å². The van der Waals surface area contributed by atoms with E-state index in [2.05, 4.69) is 63.2 Å². The number of hydrogen-bond acceptors (Lipinski definition) is 9. The number of anilines is 2. The topological polar surface area (TPSA) is 89.4 Å². The van der Waals surface area contributed by atoms with Gasteiger partial charge in [0.05, 0.1) is 18.6 Å². The van der Waals surface area contributed by atoms with Crippen LogP contribution in [0.15, 0.2) is 48.0 Å². The first-order valence-electron chi connectivity index (χ1n) is 12.5. The molecule has 0 amide bonds. The molecule has 0 spiro atoms. The van der Waals surface area contributed by atoms with E-state index < -0.39 is 0 Å². The standard InChI is InChI=1S/C26H33N7O2S/c1-2-12-35-19-33-25-23(18-29-26(30-25)27-8-9-32-10-13-34-14-11-32)24(31-33)20-5-3-6-21(16-20)28-17-22-7-4-15-36-22/h3-7,15-16,18,28H,2,8-14,17,19H2,1H3,(H,27,29,30). The smallest absolute Gasteiger partial charge is 0.224 e. The van der Waals surface area contributed by atoms with Crippen LogP contribution in [0.1, 0.15) is 18.2 Å². The van der Waals surface area contributed by atoms with Crippen LogP contribution in [-0.4, -0.2) is 70.6 Å². The van der Waals surface area contributed by atoms with E-state index >= 15 is 0 Å². The van der Waals surface area contributed by atoms with E-state index in [4.69, 9.17) is 19.6 Å². The number of nitrogens with one attached hydrogen (secondary N) is 2. The zero-order valence-electron chi connectivity index (χ0n) is 20.7. The minimum atomic E-state index is 0.352. The Morgan fingerprint density at radius 2 is 2.06 bits per heavy atom. The van der Waals surface area contributed by atoms with Crippen molar-refractivity contribution in [1.29, 1.82) is 0 Å². The van der Waals surface area contributed by atoms with E-state index in [1.54, 1.807) is 11.3 Å². The summed E-state index contributed by atoms with van der Waals surface area (Å²) in [5, 5.41) is 14.8. The molecule has 0 atom stereocenters. The molecule has 190 valence electrons. The van der Waals surface area contributed by atoms with Gasteiger partial charge in [-0.2, -0.15) is 10.1 Å². The molecule has 0 bridgehead atoms. The molecular weight excluding hydrogens is 474 g/mol. The van der Waals surface area contributed by atoms with Crippen molar-refractivity contribution in [1.82, 2.24) is 24.6 Å². The Hall–Kier alpha value is -3.05. The summed E-state index contributed by atoms with van der Waals surface area (Å²) >= 11 is 1.75. The summed E-state index contributed by atoms with van der Waals surface area (Å²) < 4.78 is 13.1. The maximum Gasteiger partial charge on any atom is 0.224 e. The third-order valence-corrected chi connectivity index (χ3v) is 6.93. The molecule has 5 rings (SSSR count). The molecule has 1 fully saturated rings. The first-order chi connectivity index (χ1) is 17.8. The summed E-state index contributed by atoms with van der Waals surface area (Å²) in [7, 11) is 0. The van der Waals surface area contributed by atoms with E-state index in [-0.39, 0.29) is 0 Å². The molecule has 1 aromatic carbocycles. The minimum Gasteiger partial charge on any atom is -0.380 e. The Morgan fingerprint density at radius 3 is 2.89 bits per heavy atom. The minimum absolute atomic E-state index is 0.352. The lowest BCUT2D eigenvalue weighted by Crippen LogP contribution is -2.39. The van der Waals surface area contributed by atoms with Crippen LogP contribution in [-0.2, 0) is 22.7 Å². The largest absolute Gasteiger partial charge is 0.380 e. The van der Waals surface area contributed by atoms with Crippen LogP contribution < -0.4 is 10.6 Å². The molecule has 0 unspecified atom stereocenters. The van der Waals surface area contributed by atoms with Gasteiger partial charge in [0.2, 0.25) is 5.95 Å². The summed E-state index contributed by atoms with van der Waals surface area (Å²) in [6.45, 7) is 9.15. The summed E-state index contributed by atoms with van der Waals surface area (Å²) in [6.07, 6.45) is 2.82. The van der Waals surface area contributed by atoms with Crippen LogP contribution in [0.4, 0.5) is 11.6 Å². The van der Waals surface area contributed by atoms with Gasteiger partial charge in [-0.05, 0) is 30.0 Å². The molecule has 0 radical (unpaired) electrons. The van der Waals surface area contributed by atoms with Crippen molar-refractivity contribution < 1.29 is 9.47 Å². The Labute approximate surface area is 215 Å². The number of aromatic nitrogens is 4. The lowest BCUT2D eigenvalue weighted by Gasteiger charge is -2.26. The van der Waals surface area contributed by atoms with Crippen molar-refractivity contribution >= 4 is 34.0 Å². The van der Waals surface area contributed by atoms with Gasteiger partial charge >= 0.3 is 0 Å². The fourth-order valence-electron chi connectivity index (χ4n) is 4.17. The maximum atomic E-state index is 5.82. The summed E-state index contributed by atoms with van der Waals surface area (Å²) in [5.41, 5.74) is 3.68. The van der Waals surface area contributed by atoms with Crippen LogP contribution in [0.25, 0.3) is 22.3 Å². The molecule has 4 heterocycles. The number of benzene rings is 1. The average molecular weight is 508 g/mol. The number of hydrogen-bond donors (Lipinski definition) is 2.